The molecule has 1 atom stereocenters. The molecule has 0 aliphatic carbocycles. The first kappa shape index (κ1) is 19.7. The van der Waals surface area contributed by atoms with Crippen molar-refractivity contribution in [1.82, 2.24) is 10.2 Å². The molecule has 1 unspecified atom stereocenters. The second kappa shape index (κ2) is 9.20. The van der Waals surface area contributed by atoms with Gasteiger partial charge in [0, 0.05) is 12.6 Å². The summed E-state index contributed by atoms with van der Waals surface area (Å²) < 4.78 is 23.5. The van der Waals surface area contributed by atoms with Gasteiger partial charge in [0.25, 0.3) is 0 Å². The Hall–Kier alpha value is -2.60. The van der Waals surface area contributed by atoms with Crippen LogP contribution in [0.4, 0.5) is 4.39 Å². The van der Waals surface area contributed by atoms with Gasteiger partial charge >= 0.3 is 0 Å². The van der Waals surface area contributed by atoms with Crippen LogP contribution in [0.25, 0.3) is 0 Å². The van der Waals surface area contributed by atoms with Gasteiger partial charge in [-0.05, 0) is 49.4 Å². The molecule has 5 nitrogen and oxygen atoms in total. The van der Waals surface area contributed by atoms with Gasteiger partial charge in [0.15, 0.2) is 11.5 Å². The molecule has 0 radical (unpaired) electrons. The molecule has 26 heavy (non-hydrogen) atoms. The van der Waals surface area contributed by atoms with Crippen molar-refractivity contribution >= 4 is 5.91 Å². The van der Waals surface area contributed by atoms with E-state index in [0.717, 1.165) is 11.1 Å². The highest BCUT2D eigenvalue weighted by molar-refractivity contribution is 5.78. The summed E-state index contributed by atoms with van der Waals surface area (Å²) in [6, 6.07) is 11.9. The number of amides is 1. The molecule has 0 heterocycles. The third-order valence-electron chi connectivity index (χ3n) is 4.34. The highest BCUT2D eigenvalue weighted by Gasteiger charge is 2.15. The van der Waals surface area contributed by atoms with E-state index in [1.54, 1.807) is 26.4 Å². The van der Waals surface area contributed by atoms with E-state index in [0.29, 0.717) is 18.0 Å². The van der Waals surface area contributed by atoms with Gasteiger partial charge in [0.05, 0.1) is 20.8 Å². The quantitative estimate of drug-likeness (QED) is 0.786. The van der Waals surface area contributed by atoms with Gasteiger partial charge in [-0.25, -0.2) is 4.39 Å². The summed E-state index contributed by atoms with van der Waals surface area (Å²) in [5, 5.41) is 2.90. The summed E-state index contributed by atoms with van der Waals surface area (Å²) in [5.74, 6) is 0.921. The third kappa shape index (κ3) is 5.20. The number of hydrogen-bond donors (Lipinski definition) is 1. The van der Waals surface area contributed by atoms with Crippen molar-refractivity contribution in [3.8, 4) is 11.5 Å². The Bertz CT molecular complexity index is 734. The van der Waals surface area contributed by atoms with Gasteiger partial charge in [0.1, 0.15) is 5.82 Å². The number of ether oxygens (including phenoxy) is 2. The number of nitrogens with one attached hydrogen (secondary N) is 1. The van der Waals surface area contributed by atoms with E-state index in [4.69, 9.17) is 9.47 Å². The Labute approximate surface area is 153 Å². The van der Waals surface area contributed by atoms with Crippen molar-refractivity contribution in [2.45, 2.75) is 19.5 Å². The maximum Gasteiger partial charge on any atom is 0.234 e. The lowest BCUT2D eigenvalue weighted by atomic mass is 10.1. The largest absolute Gasteiger partial charge is 0.493 e. The van der Waals surface area contributed by atoms with Crippen molar-refractivity contribution in [2.75, 3.05) is 27.8 Å². The summed E-state index contributed by atoms with van der Waals surface area (Å²) >= 11 is 0. The van der Waals surface area contributed by atoms with Crippen LogP contribution >= 0.6 is 0 Å². The molecule has 0 saturated heterocycles. The van der Waals surface area contributed by atoms with Crippen LogP contribution < -0.4 is 14.8 Å². The monoisotopic (exact) mass is 360 g/mol. The number of carbonyl (C=O) groups is 1. The fraction of sp³-hybridized carbons (Fsp3) is 0.350. The SMILES string of the molecule is COc1ccc(CNC(=O)CN(C)C(C)c2ccc(F)cc2)cc1OC. The summed E-state index contributed by atoms with van der Waals surface area (Å²) in [6.07, 6.45) is 0. The van der Waals surface area contributed by atoms with Crippen LogP contribution in [0.2, 0.25) is 0 Å². The van der Waals surface area contributed by atoms with Crippen molar-refractivity contribution in [2.24, 2.45) is 0 Å². The second-order valence-electron chi connectivity index (χ2n) is 6.11. The molecular weight excluding hydrogens is 335 g/mol. The Morgan fingerprint density at radius 1 is 1.12 bits per heavy atom. The fourth-order valence-corrected chi connectivity index (χ4v) is 2.61. The van der Waals surface area contributed by atoms with E-state index in [9.17, 15) is 9.18 Å². The summed E-state index contributed by atoms with van der Waals surface area (Å²) in [5.41, 5.74) is 1.88. The second-order valence-corrected chi connectivity index (χ2v) is 6.11. The van der Waals surface area contributed by atoms with Gasteiger partial charge in [-0.1, -0.05) is 18.2 Å². The number of rotatable bonds is 8. The average Bonchev–Trinajstić information content (AvgIpc) is 2.66. The summed E-state index contributed by atoms with van der Waals surface area (Å²) in [4.78, 5) is 14.1. The van der Waals surface area contributed by atoms with Crippen molar-refractivity contribution in [3.05, 3.63) is 59.4 Å². The maximum atomic E-state index is 13.0. The van der Waals surface area contributed by atoms with Gasteiger partial charge in [-0.2, -0.15) is 0 Å². The van der Waals surface area contributed by atoms with E-state index < -0.39 is 0 Å². The summed E-state index contributed by atoms with van der Waals surface area (Å²) in [6.45, 7) is 2.62. The van der Waals surface area contributed by atoms with Gasteiger partial charge in [-0.3, -0.25) is 9.69 Å². The minimum absolute atomic E-state index is 0.00225. The molecule has 2 aromatic rings. The van der Waals surface area contributed by atoms with Crippen molar-refractivity contribution < 1.29 is 18.7 Å². The van der Waals surface area contributed by atoms with E-state index >= 15 is 0 Å². The number of hydrogen-bond acceptors (Lipinski definition) is 4. The predicted octanol–water partition coefficient (Wildman–Crippen LogP) is 3.15. The normalized spacial score (nSPS) is 11.9. The molecule has 140 valence electrons. The number of nitrogens with zero attached hydrogens (tertiary/aromatic N) is 1. The first-order valence-corrected chi connectivity index (χ1v) is 8.38. The lowest BCUT2D eigenvalue weighted by Gasteiger charge is -2.24. The molecule has 0 aromatic heterocycles. The van der Waals surface area contributed by atoms with E-state index in [1.165, 1.54) is 12.1 Å². The number of carbonyl (C=O) groups excluding carboxylic acids is 1. The topological polar surface area (TPSA) is 50.8 Å². The van der Waals surface area contributed by atoms with Crippen LogP contribution in [0.1, 0.15) is 24.1 Å². The first-order valence-electron chi connectivity index (χ1n) is 8.38. The minimum Gasteiger partial charge on any atom is -0.493 e. The van der Waals surface area contributed by atoms with Gasteiger partial charge in [-0.15, -0.1) is 0 Å². The maximum absolute atomic E-state index is 13.0. The molecule has 1 N–H and O–H groups in total. The van der Waals surface area contributed by atoms with E-state index in [2.05, 4.69) is 5.32 Å². The molecule has 6 heteroatoms. The van der Waals surface area contributed by atoms with Crippen LogP contribution in [0.5, 0.6) is 11.5 Å². The van der Waals surface area contributed by atoms with E-state index in [1.807, 2.05) is 37.1 Å². The average molecular weight is 360 g/mol. The molecule has 2 rings (SSSR count). The highest BCUT2D eigenvalue weighted by atomic mass is 19.1. The zero-order valence-corrected chi connectivity index (χ0v) is 15.6. The van der Waals surface area contributed by atoms with Crippen LogP contribution in [-0.2, 0) is 11.3 Å². The Morgan fingerprint density at radius 3 is 2.38 bits per heavy atom. The van der Waals surface area contributed by atoms with Gasteiger partial charge in [0.2, 0.25) is 5.91 Å². The molecular formula is C20H25FN2O3. The fourth-order valence-electron chi connectivity index (χ4n) is 2.61. The minimum atomic E-state index is -0.267. The molecule has 0 saturated carbocycles. The highest BCUT2D eigenvalue weighted by Crippen LogP contribution is 2.27. The Kier molecular flexibility index (Phi) is 6.97. The summed E-state index contributed by atoms with van der Waals surface area (Å²) in [7, 11) is 5.02. The Balaban J connectivity index is 1.89. The molecule has 0 aliphatic rings. The van der Waals surface area contributed by atoms with Crippen LogP contribution in [0, 0.1) is 5.82 Å². The zero-order chi connectivity index (χ0) is 19.1. The molecule has 2 aromatic carbocycles. The van der Waals surface area contributed by atoms with E-state index in [-0.39, 0.29) is 24.3 Å². The third-order valence-corrected chi connectivity index (χ3v) is 4.34. The molecule has 0 spiro atoms. The molecule has 0 bridgehead atoms. The van der Waals surface area contributed by atoms with Crippen molar-refractivity contribution in [1.29, 1.82) is 0 Å². The first-order chi connectivity index (χ1) is 12.4. The molecule has 1 amide bonds. The Morgan fingerprint density at radius 2 is 1.77 bits per heavy atom. The number of halogens is 1. The smallest absolute Gasteiger partial charge is 0.234 e. The van der Waals surface area contributed by atoms with Crippen LogP contribution in [-0.4, -0.2) is 38.6 Å². The predicted molar refractivity (Wildman–Crippen MR) is 98.8 cm³/mol. The van der Waals surface area contributed by atoms with Gasteiger partial charge < -0.3 is 14.8 Å². The van der Waals surface area contributed by atoms with Crippen LogP contribution in [0.3, 0.4) is 0 Å². The van der Waals surface area contributed by atoms with Crippen molar-refractivity contribution in [3.63, 3.8) is 0 Å². The number of likely N-dealkylation sites (N-methyl/N-ethyl adjacent to an activating group) is 1. The number of benzene rings is 2. The standard InChI is InChI=1S/C20H25FN2O3/c1-14(16-6-8-17(21)9-7-16)23(2)13-20(24)22-12-15-5-10-18(25-3)19(11-15)26-4/h5-11,14H,12-13H2,1-4H3,(H,22,24). The lowest BCUT2D eigenvalue weighted by Crippen LogP contribution is -2.36. The molecule has 0 aliphatic heterocycles. The lowest BCUT2D eigenvalue weighted by molar-refractivity contribution is -0.122. The van der Waals surface area contributed by atoms with Crippen LogP contribution in [0.15, 0.2) is 42.5 Å². The number of methoxy groups -OCH3 is 2. The molecule has 0 fully saturated rings. The zero-order valence-electron chi connectivity index (χ0n) is 15.6.